The van der Waals surface area contributed by atoms with Crippen molar-refractivity contribution in [3.05, 3.63) is 71.6 Å². The molecule has 0 saturated heterocycles. The third-order valence-corrected chi connectivity index (χ3v) is 4.29. The van der Waals surface area contributed by atoms with Crippen molar-refractivity contribution in [3.8, 4) is 0 Å². The summed E-state index contributed by atoms with van der Waals surface area (Å²) in [5.41, 5.74) is 2.29. The van der Waals surface area contributed by atoms with Gasteiger partial charge in [-0.15, -0.1) is 24.8 Å². The number of benzene rings is 1. The smallest absolute Gasteiger partial charge is 0.412 e. The zero-order valence-corrected chi connectivity index (χ0v) is 16.2. The minimum Gasteiger partial charge on any atom is -0.412 e. The summed E-state index contributed by atoms with van der Waals surface area (Å²) in [6.07, 6.45) is 3.08. The maximum absolute atomic E-state index is 12.8. The molecule has 1 aromatic heterocycles. The SMILES string of the molecule is Cl.Cl.FC(F)(F)c1cccc(C2=CCN(CCc3cccnc3)CC2)c1.O. The molecule has 2 heterocycles. The van der Waals surface area contributed by atoms with Crippen LogP contribution in [-0.2, 0) is 12.6 Å². The van der Waals surface area contributed by atoms with Crippen LogP contribution in [0.1, 0.15) is 23.1 Å². The molecule has 1 aromatic carbocycles. The third kappa shape index (κ3) is 7.14. The second-order valence-corrected chi connectivity index (χ2v) is 5.97. The van der Waals surface area contributed by atoms with Gasteiger partial charge in [-0.05, 0) is 47.7 Å². The highest BCUT2D eigenvalue weighted by molar-refractivity contribution is 5.85. The van der Waals surface area contributed by atoms with Gasteiger partial charge in [0.05, 0.1) is 5.56 Å². The summed E-state index contributed by atoms with van der Waals surface area (Å²) in [7, 11) is 0. The fourth-order valence-electron chi connectivity index (χ4n) is 2.90. The van der Waals surface area contributed by atoms with Crippen molar-refractivity contribution < 1.29 is 18.6 Å². The zero-order chi connectivity index (χ0) is 17.0. The molecule has 3 nitrogen and oxygen atoms in total. The molecular formula is C19H23Cl2F3N2O. The summed E-state index contributed by atoms with van der Waals surface area (Å²) in [5.74, 6) is 0. The highest BCUT2D eigenvalue weighted by Crippen LogP contribution is 2.32. The average molecular weight is 423 g/mol. The second-order valence-electron chi connectivity index (χ2n) is 5.97. The van der Waals surface area contributed by atoms with Crippen LogP contribution < -0.4 is 0 Å². The van der Waals surface area contributed by atoms with Crippen LogP contribution in [0, 0.1) is 0 Å². The lowest BCUT2D eigenvalue weighted by molar-refractivity contribution is -0.137. The van der Waals surface area contributed by atoms with Gasteiger partial charge in [0.2, 0.25) is 0 Å². The van der Waals surface area contributed by atoms with Crippen LogP contribution in [0.15, 0.2) is 54.9 Å². The van der Waals surface area contributed by atoms with Crippen LogP contribution in [0.25, 0.3) is 5.57 Å². The molecule has 3 rings (SSSR count). The molecule has 0 amide bonds. The summed E-state index contributed by atoms with van der Waals surface area (Å²) in [6, 6.07) is 9.59. The Labute approximate surface area is 169 Å². The van der Waals surface area contributed by atoms with Crippen LogP contribution in [-0.4, -0.2) is 35.0 Å². The highest BCUT2D eigenvalue weighted by atomic mass is 35.5. The van der Waals surface area contributed by atoms with Crippen LogP contribution in [0.3, 0.4) is 0 Å². The van der Waals surface area contributed by atoms with Gasteiger partial charge in [0.25, 0.3) is 0 Å². The minimum atomic E-state index is -4.29. The number of aromatic nitrogens is 1. The summed E-state index contributed by atoms with van der Waals surface area (Å²) in [5, 5.41) is 0. The van der Waals surface area contributed by atoms with Crippen LogP contribution in [0.4, 0.5) is 13.2 Å². The van der Waals surface area contributed by atoms with Gasteiger partial charge in [-0.2, -0.15) is 13.2 Å². The lowest BCUT2D eigenvalue weighted by atomic mass is 9.97. The molecule has 0 aliphatic carbocycles. The fraction of sp³-hybridized carbons (Fsp3) is 0.316. The normalized spacial score (nSPS) is 14.3. The molecule has 0 spiro atoms. The van der Waals surface area contributed by atoms with Crippen molar-refractivity contribution in [1.82, 2.24) is 9.88 Å². The standard InChI is InChI=1S/C19H19F3N2.2ClH.H2O/c20-19(21,22)18-5-1-4-17(13-18)16-7-11-24(12-8-16)10-6-15-3-2-9-23-14-15;;;/h1-5,7,9,13-14H,6,8,10-12H2;2*1H;1H2. The van der Waals surface area contributed by atoms with Crippen molar-refractivity contribution in [2.24, 2.45) is 0 Å². The monoisotopic (exact) mass is 422 g/mol. The number of nitrogens with zero attached hydrogens (tertiary/aromatic N) is 2. The van der Waals surface area contributed by atoms with Crippen LogP contribution in [0.5, 0.6) is 0 Å². The van der Waals surface area contributed by atoms with E-state index in [0.717, 1.165) is 44.1 Å². The Morgan fingerprint density at radius 3 is 2.44 bits per heavy atom. The van der Waals surface area contributed by atoms with Gasteiger partial charge in [0.15, 0.2) is 0 Å². The van der Waals surface area contributed by atoms with E-state index in [1.807, 2.05) is 18.3 Å². The van der Waals surface area contributed by atoms with Crippen molar-refractivity contribution in [2.45, 2.75) is 19.0 Å². The first-order valence-electron chi connectivity index (χ1n) is 8.00. The molecule has 0 radical (unpaired) electrons. The van der Waals surface area contributed by atoms with E-state index in [-0.39, 0.29) is 30.3 Å². The van der Waals surface area contributed by atoms with Crippen molar-refractivity contribution in [1.29, 1.82) is 0 Å². The fourth-order valence-corrected chi connectivity index (χ4v) is 2.90. The van der Waals surface area contributed by atoms with Crippen molar-refractivity contribution in [2.75, 3.05) is 19.6 Å². The van der Waals surface area contributed by atoms with E-state index < -0.39 is 11.7 Å². The predicted molar refractivity (Wildman–Crippen MR) is 107 cm³/mol. The molecule has 0 bridgehead atoms. The number of rotatable bonds is 4. The van der Waals surface area contributed by atoms with Crippen molar-refractivity contribution >= 4 is 30.4 Å². The first-order chi connectivity index (χ1) is 11.5. The van der Waals surface area contributed by atoms with E-state index in [1.54, 1.807) is 12.3 Å². The van der Waals surface area contributed by atoms with E-state index >= 15 is 0 Å². The molecule has 1 aliphatic rings. The molecule has 1 aliphatic heterocycles. The number of halogens is 5. The lowest BCUT2D eigenvalue weighted by Crippen LogP contribution is -2.30. The molecule has 0 saturated carbocycles. The van der Waals surface area contributed by atoms with Gasteiger partial charge in [-0.3, -0.25) is 9.88 Å². The maximum Gasteiger partial charge on any atom is 0.416 e. The quantitative estimate of drug-likeness (QED) is 0.730. The number of hydrogen-bond acceptors (Lipinski definition) is 2. The van der Waals surface area contributed by atoms with E-state index in [4.69, 9.17) is 0 Å². The Morgan fingerprint density at radius 2 is 1.85 bits per heavy atom. The summed E-state index contributed by atoms with van der Waals surface area (Å²) >= 11 is 0. The number of alkyl halides is 3. The van der Waals surface area contributed by atoms with Crippen LogP contribution in [0.2, 0.25) is 0 Å². The maximum atomic E-state index is 12.8. The Morgan fingerprint density at radius 1 is 1.07 bits per heavy atom. The summed E-state index contributed by atoms with van der Waals surface area (Å²) < 4.78 is 38.5. The predicted octanol–water partition coefficient (Wildman–Crippen LogP) is 4.45. The van der Waals surface area contributed by atoms with E-state index in [2.05, 4.69) is 16.0 Å². The lowest BCUT2D eigenvalue weighted by Gasteiger charge is -2.26. The molecule has 27 heavy (non-hydrogen) atoms. The molecule has 8 heteroatoms. The van der Waals surface area contributed by atoms with E-state index in [9.17, 15) is 13.2 Å². The molecule has 0 unspecified atom stereocenters. The van der Waals surface area contributed by atoms with Crippen molar-refractivity contribution in [3.63, 3.8) is 0 Å². The van der Waals surface area contributed by atoms with Gasteiger partial charge in [-0.25, -0.2) is 0 Å². The van der Waals surface area contributed by atoms with Gasteiger partial charge in [0, 0.05) is 32.0 Å². The summed E-state index contributed by atoms with van der Waals surface area (Å²) in [4.78, 5) is 6.42. The molecule has 150 valence electrons. The Balaban J connectivity index is 0.00000225. The van der Waals surface area contributed by atoms with Crippen LogP contribution >= 0.6 is 24.8 Å². The number of pyridine rings is 1. The Hall–Kier alpha value is -1.60. The van der Waals surface area contributed by atoms with Gasteiger partial charge < -0.3 is 5.48 Å². The molecule has 2 N–H and O–H groups in total. The van der Waals surface area contributed by atoms with E-state index in [1.165, 1.54) is 17.7 Å². The topological polar surface area (TPSA) is 47.6 Å². The first-order valence-corrected chi connectivity index (χ1v) is 8.00. The van der Waals surface area contributed by atoms with Gasteiger partial charge in [0.1, 0.15) is 0 Å². The van der Waals surface area contributed by atoms with Gasteiger partial charge in [-0.1, -0.05) is 24.3 Å². The zero-order valence-electron chi connectivity index (χ0n) is 14.6. The average Bonchev–Trinajstić information content (AvgIpc) is 2.61. The first kappa shape index (κ1) is 25.4. The Bertz CT molecular complexity index is 724. The highest BCUT2D eigenvalue weighted by Gasteiger charge is 2.30. The molecular weight excluding hydrogens is 400 g/mol. The molecule has 2 aromatic rings. The second kappa shape index (κ2) is 11.3. The molecule has 0 atom stereocenters. The van der Waals surface area contributed by atoms with E-state index in [0.29, 0.717) is 5.56 Å². The van der Waals surface area contributed by atoms with Gasteiger partial charge >= 0.3 is 6.18 Å². The minimum absolute atomic E-state index is 0. The Kier molecular flexibility index (Phi) is 10.6. The molecule has 0 fully saturated rings. The largest absolute Gasteiger partial charge is 0.416 e. The third-order valence-electron chi connectivity index (χ3n) is 4.29. The summed E-state index contributed by atoms with van der Waals surface area (Å²) in [6.45, 7) is 2.56. The number of hydrogen-bond donors (Lipinski definition) is 0.